The Morgan fingerprint density at radius 1 is 1.33 bits per heavy atom. The van der Waals surface area contributed by atoms with E-state index in [1.54, 1.807) is 6.20 Å². The highest BCUT2D eigenvalue weighted by atomic mass is 15.0. The summed E-state index contributed by atoms with van der Waals surface area (Å²) >= 11 is 0. The average Bonchev–Trinajstić information content (AvgIpc) is 2.25. The molecule has 0 aromatic carbocycles. The summed E-state index contributed by atoms with van der Waals surface area (Å²) in [6.07, 6.45) is 6.87. The Labute approximate surface area is 91.1 Å². The first-order valence-corrected chi connectivity index (χ1v) is 5.72. The smallest absolute Gasteiger partial charge is 0.149 e. The second kappa shape index (κ2) is 4.51. The van der Waals surface area contributed by atoms with Gasteiger partial charge >= 0.3 is 0 Å². The largest absolute Gasteiger partial charge is 0.396 e. The molecule has 0 aliphatic heterocycles. The van der Waals surface area contributed by atoms with Gasteiger partial charge in [-0.25, -0.2) is 4.98 Å². The summed E-state index contributed by atoms with van der Waals surface area (Å²) in [5, 5.41) is 3.43. The van der Waals surface area contributed by atoms with E-state index in [2.05, 4.69) is 17.2 Å². The number of pyridine rings is 1. The molecule has 0 amide bonds. The third-order valence-corrected chi connectivity index (χ3v) is 3.20. The Morgan fingerprint density at radius 2 is 2.07 bits per heavy atom. The first-order chi connectivity index (χ1) is 7.25. The molecular weight excluding hydrogens is 186 g/mol. The zero-order chi connectivity index (χ0) is 10.7. The van der Waals surface area contributed by atoms with Crippen molar-refractivity contribution in [1.29, 1.82) is 0 Å². The third-order valence-electron chi connectivity index (χ3n) is 3.20. The van der Waals surface area contributed by atoms with Gasteiger partial charge in [0, 0.05) is 12.2 Å². The number of nitrogens with one attached hydrogen (secondary N) is 1. The van der Waals surface area contributed by atoms with Crippen LogP contribution in [0.15, 0.2) is 18.3 Å². The van der Waals surface area contributed by atoms with E-state index in [1.807, 2.05) is 12.1 Å². The fourth-order valence-electron chi connectivity index (χ4n) is 2.14. The lowest BCUT2D eigenvalue weighted by Gasteiger charge is -2.27. The maximum Gasteiger partial charge on any atom is 0.149 e. The molecule has 0 atom stereocenters. The van der Waals surface area contributed by atoms with E-state index in [0.29, 0.717) is 6.04 Å². The maximum atomic E-state index is 5.84. The lowest BCUT2D eigenvalue weighted by atomic mass is 9.87. The molecule has 3 heteroatoms. The Hall–Kier alpha value is -1.25. The van der Waals surface area contributed by atoms with E-state index >= 15 is 0 Å². The van der Waals surface area contributed by atoms with Crippen LogP contribution in [0.1, 0.15) is 32.6 Å². The molecule has 1 heterocycles. The normalized spacial score (nSPS) is 26.2. The molecule has 3 nitrogen and oxygen atoms in total. The van der Waals surface area contributed by atoms with Crippen LogP contribution in [-0.4, -0.2) is 11.0 Å². The van der Waals surface area contributed by atoms with Gasteiger partial charge in [0.15, 0.2) is 0 Å². The number of hydrogen-bond acceptors (Lipinski definition) is 3. The molecule has 1 aliphatic rings. The summed E-state index contributed by atoms with van der Waals surface area (Å²) < 4.78 is 0. The molecule has 1 aromatic heterocycles. The molecule has 1 saturated carbocycles. The van der Waals surface area contributed by atoms with E-state index in [1.165, 1.54) is 25.7 Å². The molecule has 15 heavy (non-hydrogen) atoms. The van der Waals surface area contributed by atoms with Crippen LogP contribution in [0.4, 0.5) is 11.5 Å². The highest BCUT2D eigenvalue weighted by molar-refractivity contribution is 5.60. The molecule has 1 aliphatic carbocycles. The number of hydrogen-bond donors (Lipinski definition) is 2. The van der Waals surface area contributed by atoms with Crippen LogP contribution in [-0.2, 0) is 0 Å². The molecule has 0 spiro atoms. The molecule has 0 bridgehead atoms. The zero-order valence-corrected chi connectivity index (χ0v) is 9.24. The molecular formula is C12H19N3. The van der Waals surface area contributed by atoms with Gasteiger partial charge in [0.05, 0.1) is 5.69 Å². The zero-order valence-electron chi connectivity index (χ0n) is 9.24. The molecule has 3 N–H and O–H groups in total. The van der Waals surface area contributed by atoms with E-state index in [4.69, 9.17) is 5.73 Å². The van der Waals surface area contributed by atoms with Crippen molar-refractivity contribution in [3.63, 3.8) is 0 Å². The molecule has 0 radical (unpaired) electrons. The quantitative estimate of drug-likeness (QED) is 0.780. The van der Waals surface area contributed by atoms with Gasteiger partial charge in [-0.15, -0.1) is 0 Å². The van der Waals surface area contributed by atoms with Crippen molar-refractivity contribution in [3.05, 3.63) is 18.3 Å². The van der Waals surface area contributed by atoms with Gasteiger partial charge in [0.2, 0.25) is 0 Å². The highest BCUT2D eigenvalue weighted by Gasteiger charge is 2.18. The van der Waals surface area contributed by atoms with Gasteiger partial charge in [-0.2, -0.15) is 0 Å². The minimum atomic E-state index is 0.554. The van der Waals surface area contributed by atoms with Gasteiger partial charge in [-0.3, -0.25) is 0 Å². The predicted octanol–water partition coefficient (Wildman–Crippen LogP) is 2.65. The fraction of sp³-hybridized carbons (Fsp3) is 0.583. The second-order valence-corrected chi connectivity index (χ2v) is 4.54. The van der Waals surface area contributed by atoms with Crippen molar-refractivity contribution in [1.82, 2.24) is 4.98 Å². The van der Waals surface area contributed by atoms with E-state index < -0.39 is 0 Å². The van der Waals surface area contributed by atoms with Crippen LogP contribution < -0.4 is 11.1 Å². The summed E-state index contributed by atoms with van der Waals surface area (Å²) in [5.41, 5.74) is 6.59. The first kappa shape index (κ1) is 10.3. The van der Waals surface area contributed by atoms with Crippen molar-refractivity contribution in [2.45, 2.75) is 38.6 Å². The maximum absolute atomic E-state index is 5.84. The Kier molecular flexibility index (Phi) is 3.09. The van der Waals surface area contributed by atoms with Crippen LogP contribution >= 0.6 is 0 Å². The van der Waals surface area contributed by atoms with Crippen molar-refractivity contribution in [2.24, 2.45) is 5.92 Å². The number of anilines is 2. The lowest BCUT2D eigenvalue weighted by molar-refractivity contribution is 0.361. The lowest BCUT2D eigenvalue weighted by Crippen LogP contribution is -2.26. The highest BCUT2D eigenvalue weighted by Crippen LogP contribution is 2.26. The van der Waals surface area contributed by atoms with Crippen molar-refractivity contribution in [2.75, 3.05) is 11.1 Å². The minimum absolute atomic E-state index is 0.554. The number of nitrogens with zero attached hydrogens (tertiary/aromatic N) is 1. The summed E-state index contributed by atoms with van der Waals surface area (Å²) in [7, 11) is 0. The summed E-state index contributed by atoms with van der Waals surface area (Å²) in [5.74, 6) is 1.72. The van der Waals surface area contributed by atoms with Gasteiger partial charge in [-0.05, 0) is 43.7 Å². The number of nitrogen functional groups attached to an aromatic ring is 1. The summed E-state index contributed by atoms with van der Waals surface area (Å²) in [6, 6.07) is 4.31. The topological polar surface area (TPSA) is 50.9 Å². The van der Waals surface area contributed by atoms with Gasteiger partial charge in [0.25, 0.3) is 0 Å². The van der Waals surface area contributed by atoms with Crippen molar-refractivity contribution in [3.8, 4) is 0 Å². The van der Waals surface area contributed by atoms with Crippen molar-refractivity contribution >= 4 is 11.5 Å². The molecule has 0 unspecified atom stereocenters. The van der Waals surface area contributed by atoms with Crippen LogP contribution in [0.3, 0.4) is 0 Å². The standard InChI is InChI=1S/C12H19N3/c1-9-4-6-10(7-5-9)15-12-11(13)3-2-8-14-12/h2-3,8-10H,4-7,13H2,1H3,(H,14,15). The molecule has 0 saturated heterocycles. The van der Waals surface area contributed by atoms with Crippen LogP contribution in [0.5, 0.6) is 0 Å². The fourth-order valence-corrected chi connectivity index (χ4v) is 2.14. The summed E-state index contributed by atoms with van der Waals surface area (Å²) in [4.78, 5) is 4.26. The Bertz CT molecular complexity index is 316. The first-order valence-electron chi connectivity index (χ1n) is 5.72. The molecule has 1 fully saturated rings. The van der Waals surface area contributed by atoms with E-state index in [0.717, 1.165) is 17.4 Å². The molecule has 1 aromatic rings. The van der Waals surface area contributed by atoms with E-state index in [-0.39, 0.29) is 0 Å². The molecule has 2 rings (SSSR count). The average molecular weight is 205 g/mol. The van der Waals surface area contributed by atoms with Crippen LogP contribution in [0.2, 0.25) is 0 Å². The summed E-state index contributed by atoms with van der Waals surface area (Å²) in [6.45, 7) is 2.32. The molecule has 82 valence electrons. The predicted molar refractivity (Wildman–Crippen MR) is 63.7 cm³/mol. The minimum Gasteiger partial charge on any atom is -0.396 e. The van der Waals surface area contributed by atoms with Crippen LogP contribution in [0, 0.1) is 5.92 Å². The van der Waals surface area contributed by atoms with Crippen molar-refractivity contribution < 1.29 is 0 Å². The Balaban J connectivity index is 1.95. The van der Waals surface area contributed by atoms with Gasteiger partial charge < -0.3 is 11.1 Å². The second-order valence-electron chi connectivity index (χ2n) is 4.54. The van der Waals surface area contributed by atoms with Crippen LogP contribution in [0.25, 0.3) is 0 Å². The van der Waals surface area contributed by atoms with Gasteiger partial charge in [0.1, 0.15) is 5.82 Å². The third kappa shape index (κ3) is 2.61. The Morgan fingerprint density at radius 3 is 2.73 bits per heavy atom. The van der Waals surface area contributed by atoms with Gasteiger partial charge in [-0.1, -0.05) is 6.92 Å². The SMILES string of the molecule is CC1CCC(Nc2ncccc2N)CC1. The van der Waals surface area contributed by atoms with E-state index in [9.17, 15) is 0 Å². The number of aromatic nitrogens is 1. The number of rotatable bonds is 2. The monoisotopic (exact) mass is 205 g/mol. The number of nitrogens with two attached hydrogens (primary N) is 1.